The normalized spacial score (nSPS) is 10.0. The second kappa shape index (κ2) is 48.7. The second-order valence-corrected chi connectivity index (χ2v) is 9.93. The summed E-state index contributed by atoms with van der Waals surface area (Å²) in [5, 5.41) is 15.1. The highest BCUT2D eigenvalue weighted by Crippen LogP contribution is 2.10. The lowest BCUT2D eigenvalue weighted by Crippen LogP contribution is -2.50. The van der Waals surface area contributed by atoms with Crippen molar-refractivity contribution in [2.24, 2.45) is 0 Å². The van der Waals surface area contributed by atoms with Gasteiger partial charge in [-0.1, -0.05) is 117 Å². The average Bonchev–Trinajstić information content (AvgIpc) is 2.82. The fourth-order valence-electron chi connectivity index (χ4n) is 3.33. The molecule has 0 aromatic heterocycles. The van der Waals surface area contributed by atoms with E-state index < -0.39 is 10.4 Å². The molecule has 0 saturated carbocycles. The van der Waals surface area contributed by atoms with Crippen LogP contribution in [0.3, 0.4) is 0 Å². The van der Waals surface area contributed by atoms with Gasteiger partial charge < -0.3 is 30.8 Å². The van der Waals surface area contributed by atoms with Crippen molar-refractivity contribution >= 4 is 10.4 Å². The first kappa shape index (κ1) is 46.6. The lowest BCUT2D eigenvalue weighted by molar-refractivity contribution is -0.368. The molecule has 0 amide bonds. The van der Waals surface area contributed by atoms with Crippen molar-refractivity contribution in [3.63, 3.8) is 0 Å². The van der Waals surface area contributed by atoms with Crippen LogP contribution in [0.15, 0.2) is 0 Å². The van der Waals surface area contributed by atoms with E-state index in [1.807, 2.05) is 0 Å². The Balaban J connectivity index is -0.000000133. The molecule has 0 fully saturated rings. The van der Waals surface area contributed by atoms with Crippen LogP contribution >= 0.6 is 0 Å². The zero-order chi connectivity index (χ0) is 29.5. The number of unbranched alkanes of at least 4 members (excludes halogenated alkanes) is 18. The Morgan fingerprint density at radius 2 is 0.595 bits per heavy atom. The Labute approximate surface area is 232 Å². The van der Waals surface area contributed by atoms with E-state index >= 15 is 0 Å². The van der Waals surface area contributed by atoms with Crippen LogP contribution < -0.4 is 11.5 Å². The molecule has 0 spiro atoms. The molecule has 0 saturated heterocycles. The molecule has 0 rings (SSSR count). The molecule has 0 radical (unpaired) electrons. The molecule has 0 atom stereocenters. The number of quaternary nitrogens is 2. The van der Waals surface area contributed by atoms with Crippen molar-refractivity contribution in [1.82, 2.24) is 0 Å². The van der Waals surface area contributed by atoms with Crippen LogP contribution in [0.5, 0.6) is 0 Å². The van der Waals surface area contributed by atoms with Gasteiger partial charge in [-0.05, 0) is 39.5 Å². The summed E-state index contributed by atoms with van der Waals surface area (Å²) in [5.74, 6) is 0. The first-order chi connectivity index (χ1) is 17.7. The van der Waals surface area contributed by atoms with Crippen molar-refractivity contribution in [1.29, 1.82) is 0 Å². The first-order valence-electron chi connectivity index (χ1n) is 15.1. The third-order valence-electron chi connectivity index (χ3n) is 5.21. The molecule has 232 valence electrons. The highest BCUT2D eigenvalue weighted by molar-refractivity contribution is 7.79. The summed E-state index contributed by atoms with van der Waals surface area (Å²) >= 11 is 0. The monoisotopic (exact) mass is 560 g/mol. The number of hydrogen-bond acceptors (Lipinski definition) is 6. The van der Waals surface area contributed by atoms with Gasteiger partial charge >= 0.3 is 0 Å². The van der Waals surface area contributed by atoms with Crippen molar-refractivity contribution < 1.29 is 39.2 Å². The Morgan fingerprint density at radius 1 is 0.459 bits per heavy atom. The molecule has 0 aliphatic rings. The fourth-order valence-corrected chi connectivity index (χ4v) is 3.33. The molecule has 37 heavy (non-hydrogen) atoms. The van der Waals surface area contributed by atoms with E-state index in [0.29, 0.717) is 0 Å². The van der Waals surface area contributed by atoms with Crippen LogP contribution in [0.1, 0.15) is 156 Å². The van der Waals surface area contributed by atoms with E-state index in [1.54, 1.807) is 13.8 Å². The predicted molar refractivity (Wildman–Crippen MR) is 155 cm³/mol. The molecular formula is C28H68N2O6S. The van der Waals surface area contributed by atoms with Gasteiger partial charge in [0.15, 0.2) is 0 Å². The van der Waals surface area contributed by atoms with Gasteiger partial charge in [0, 0.05) is 23.6 Å². The minimum Gasteiger partial charge on any atom is -0.759 e. The van der Waals surface area contributed by atoms with Gasteiger partial charge in [-0.3, -0.25) is 8.42 Å². The Bertz CT molecular complexity index is 375. The minimum atomic E-state index is -5.17. The summed E-state index contributed by atoms with van der Waals surface area (Å²) in [6.45, 7) is 10.7. The van der Waals surface area contributed by atoms with E-state index in [9.17, 15) is 0 Å². The third-order valence-corrected chi connectivity index (χ3v) is 5.21. The van der Waals surface area contributed by atoms with Crippen molar-refractivity contribution in [3.8, 4) is 0 Å². The maximum atomic E-state index is 8.52. The van der Waals surface area contributed by atoms with Crippen molar-refractivity contribution in [3.05, 3.63) is 0 Å². The Kier molecular flexibility index (Phi) is 61.3. The van der Waals surface area contributed by atoms with Crippen molar-refractivity contribution in [2.75, 3.05) is 26.3 Å². The topological polar surface area (TPSA) is 176 Å². The molecule has 9 heteroatoms. The van der Waals surface area contributed by atoms with E-state index in [4.69, 9.17) is 27.7 Å². The zero-order valence-corrected chi connectivity index (χ0v) is 26.1. The van der Waals surface area contributed by atoms with E-state index in [1.165, 1.54) is 128 Å². The highest BCUT2D eigenvalue weighted by atomic mass is 32.3. The molecule has 0 unspecified atom stereocenters. The molecular weight excluding hydrogens is 492 g/mol. The quantitative estimate of drug-likeness (QED) is 0.0929. The largest absolute Gasteiger partial charge is 0.759 e. The summed E-state index contributed by atoms with van der Waals surface area (Å²) in [5.41, 5.74) is 7.71. The van der Waals surface area contributed by atoms with Gasteiger partial charge in [-0.25, -0.2) is 0 Å². The lowest BCUT2D eigenvalue weighted by Gasteiger charge is -2.06. The molecule has 0 aromatic rings. The summed E-state index contributed by atoms with van der Waals surface area (Å²) in [6.07, 6.45) is 28.5. The standard InChI is InChI=1S/2C12H27N.2C2H6O.H2O4S/c2*1-2-3-4-5-6-7-8-9-10-11-12-13;2*1-2-3;1-5(2,3)4/h2*2-13H2,1H3;2*3H,2H2,1H3;(H2,1,2,3,4). The number of aliphatic hydroxyl groups excluding tert-OH is 2. The maximum Gasteiger partial charge on any atom is 0.0739 e. The zero-order valence-electron chi connectivity index (χ0n) is 25.3. The van der Waals surface area contributed by atoms with E-state index in [-0.39, 0.29) is 13.2 Å². The van der Waals surface area contributed by atoms with Crippen LogP contribution in [0.4, 0.5) is 0 Å². The highest BCUT2D eigenvalue weighted by Gasteiger charge is 1.92. The van der Waals surface area contributed by atoms with Crippen LogP contribution in [0, 0.1) is 0 Å². The SMILES string of the molecule is CCCCCCCCCCCC[NH3+].CCCCCCCCCCCC[NH3+].CCO.CCO.O=S(=O)([O-])[O-]. The molecule has 8 N–H and O–H groups in total. The Morgan fingerprint density at radius 3 is 0.730 bits per heavy atom. The number of rotatable bonds is 20. The van der Waals surface area contributed by atoms with Crippen molar-refractivity contribution in [2.45, 2.75) is 156 Å². The molecule has 8 nitrogen and oxygen atoms in total. The van der Waals surface area contributed by atoms with Gasteiger partial charge in [0.1, 0.15) is 0 Å². The van der Waals surface area contributed by atoms with Gasteiger partial charge in [-0.2, -0.15) is 0 Å². The van der Waals surface area contributed by atoms with Gasteiger partial charge in [0.05, 0.1) is 13.1 Å². The fraction of sp³-hybridized carbons (Fsp3) is 1.00. The number of aliphatic hydroxyl groups is 2. The van der Waals surface area contributed by atoms with Gasteiger partial charge in [-0.15, -0.1) is 0 Å². The maximum absolute atomic E-state index is 8.52. The summed E-state index contributed by atoms with van der Waals surface area (Å²) < 4.78 is 34.1. The molecule has 0 aliphatic carbocycles. The van der Waals surface area contributed by atoms with E-state index in [2.05, 4.69) is 25.3 Å². The minimum absolute atomic E-state index is 0.250. The first-order valence-corrected chi connectivity index (χ1v) is 16.5. The summed E-state index contributed by atoms with van der Waals surface area (Å²) in [4.78, 5) is 0. The number of hydrogen-bond donors (Lipinski definition) is 4. The molecule has 0 heterocycles. The predicted octanol–water partition coefficient (Wildman–Crippen LogP) is 4.96. The second-order valence-electron chi connectivity index (χ2n) is 9.11. The summed E-state index contributed by atoms with van der Waals surface area (Å²) in [7, 11) is -5.17. The third kappa shape index (κ3) is 104. The molecule has 0 aliphatic heterocycles. The molecule has 0 aromatic carbocycles. The van der Waals surface area contributed by atoms with Crippen LogP contribution in [-0.2, 0) is 10.4 Å². The lowest BCUT2D eigenvalue weighted by atomic mass is 10.1. The van der Waals surface area contributed by atoms with E-state index in [0.717, 1.165) is 13.1 Å². The summed E-state index contributed by atoms with van der Waals surface area (Å²) in [6, 6.07) is 0. The smallest absolute Gasteiger partial charge is 0.0739 e. The van der Waals surface area contributed by atoms with Gasteiger partial charge in [0.2, 0.25) is 0 Å². The van der Waals surface area contributed by atoms with Crippen LogP contribution in [0.2, 0.25) is 0 Å². The average molecular weight is 561 g/mol. The van der Waals surface area contributed by atoms with Crippen LogP contribution in [-0.4, -0.2) is 54.0 Å². The molecule has 0 bridgehead atoms. The van der Waals surface area contributed by atoms with Crippen LogP contribution in [0.25, 0.3) is 0 Å². The van der Waals surface area contributed by atoms with Gasteiger partial charge in [0.25, 0.3) is 0 Å². The Hall–Kier alpha value is -0.290.